The van der Waals surface area contributed by atoms with E-state index < -0.39 is 0 Å². The van der Waals surface area contributed by atoms with E-state index in [4.69, 9.17) is 12.2 Å². The first-order chi connectivity index (χ1) is 6.25. The van der Waals surface area contributed by atoms with Crippen molar-refractivity contribution in [2.24, 2.45) is 11.7 Å². The molecule has 3 nitrogen and oxygen atoms in total. The largest absolute Gasteiger partial charge is 0.345 e. The lowest BCUT2D eigenvalue weighted by molar-refractivity contribution is -0.125. The van der Waals surface area contributed by atoms with Crippen LogP contribution < -0.4 is 11.1 Å². The number of carbonyl (C=O) groups excluding carboxylic acids is 1. The van der Waals surface area contributed by atoms with Gasteiger partial charge in [0.2, 0.25) is 5.91 Å². The second-order valence-electron chi connectivity index (χ2n) is 3.14. The lowest BCUT2D eigenvalue weighted by atomic mass is 9.89. The standard InChI is InChI=1S/C10H14N2O/c1-2-7-12-10(13)8-5-3-4-6-9(8)11/h1,3-4,8-9H,5-7,11H2,(H,12,13)/t8-,9+/m0/s1. The molecule has 0 aromatic rings. The second-order valence-corrected chi connectivity index (χ2v) is 3.14. The zero-order valence-corrected chi connectivity index (χ0v) is 7.49. The summed E-state index contributed by atoms with van der Waals surface area (Å²) < 4.78 is 0. The predicted octanol–water partition coefficient (Wildman–Crippen LogP) is 0.0293. The van der Waals surface area contributed by atoms with Crippen LogP contribution in [-0.2, 0) is 4.79 Å². The Balaban J connectivity index is 2.46. The molecule has 0 saturated heterocycles. The van der Waals surface area contributed by atoms with E-state index in [1.165, 1.54) is 0 Å². The Morgan fingerprint density at radius 3 is 2.92 bits per heavy atom. The van der Waals surface area contributed by atoms with E-state index in [1.54, 1.807) is 0 Å². The molecular weight excluding hydrogens is 164 g/mol. The van der Waals surface area contributed by atoms with Gasteiger partial charge in [-0.05, 0) is 12.8 Å². The fourth-order valence-electron chi connectivity index (χ4n) is 1.41. The van der Waals surface area contributed by atoms with Crippen LogP contribution in [0.1, 0.15) is 12.8 Å². The molecule has 0 unspecified atom stereocenters. The summed E-state index contributed by atoms with van der Waals surface area (Å²) in [4.78, 5) is 11.4. The minimum absolute atomic E-state index is 0.0326. The molecule has 0 saturated carbocycles. The molecule has 3 heteroatoms. The van der Waals surface area contributed by atoms with E-state index in [9.17, 15) is 4.79 Å². The Bertz CT molecular complexity index is 252. The zero-order valence-electron chi connectivity index (χ0n) is 7.49. The van der Waals surface area contributed by atoms with Crippen LogP contribution in [0, 0.1) is 18.3 Å². The zero-order chi connectivity index (χ0) is 9.68. The van der Waals surface area contributed by atoms with Crippen molar-refractivity contribution in [3.63, 3.8) is 0 Å². The van der Waals surface area contributed by atoms with E-state index in [1.807, 2.05) is 12.2 Å². The van der Waals surface area contributed by atoms with E-state index in [-0.39, 0.29) is 24.4 Å². The van der Waals surface area contributed by atoms with Gasteiger partial charge in [-0.15, -0.1) is 6.42 Å². The van der Waals surface area contributed by atoms with Crippen molar-refractivity contribution >= 4 is 5.91 Å². The van der Waals surface area contributed by atoms with Crippen LogP contribution in [0.15, 0.2) is 12.2 Å². The number of allylic oxidation sites excluding steroid dienone is 1. The number of hydrogen-bond acceptors (Lipinski definition) is 2. The van der Waals surface area contributed by atoms with Gasteiger partial charge >= 0.3 is 0 Å². The molecule has 70 valence electrons. The van der Waals surface area contributed by atoms with Crippen molar-refractivity contribution < 1.29 is 4.79 Å². The van der Waals surface area contributed by atoms with Gasteiger partial charge in [-0.3, -0.25) is 4.79 Å². The summed E-state index contributed by atoms with van der Waals surface area (Å²) in [5.74, 6) is 2.22. The molecule has 0 aromatic heterocycles. The number of carbonyl (C=O) groups is 1. The fourth-order valence-corrected chi connectivity index (χ4v) is 1.41. The van der Waals surface area contributed by atoms with Gasteiger partial charge in [-0.25, -0.2) is 0 Å². The first kappa shape index (κ1) is 9.82. The highest BCUT2D eigenvalue weighted by Crippen LogP contribution is 2.17. The smallest absolute Gasteiger partial charge is 0.225 e. The highest BCUT2D eigenvalue weighted by atomic mass is 16.1. The molecule has 3 N–H and O–H groups in total. The second kappa shape index (κ2) is 4.68. The Labute approximate surface area is 78.4 Å². The molecule has 1 amide bonds. The van der Waals surface area contributed by atoms with Crippen molar-refractivity contribution in [2.45, 2.75) is 18.9 Å². The van der Waals surface area contributed by atoms with Crippen molar-refractivity contribution in [1.29, 1.82) is 0 Å². The van der Waals surface area contributed by atoms with Crippen molar-refractivity contribution in [2.75, 3.05) is 6.54 Å². The van der Waals surface area contributed by atoms with Gasteiger partial charge in [-0.2, -0.15) is 0 Å². The van der Waals surface area contributed by atoms with Gasteiger partial charge in [0.15, 0.2) is 0 Å². The lowest BCUT2D eigenvalue weighted by Crippen LogP contribution is -2.42. The lowest BCUT2D eigenvalue weighted by Gasteiger charge is -2.23. The van der Waals surface area contributed by atoms with E-state index in [2.05, 4.69) is 11.2 Å². The Morgan fingerprint density at radius 1 is 1.62 bits per heavy atom. The number of nitrogens with two attached hydrogens (primary N) is 1. The van der Waals surface area contributed by atoms with Crippen molar-refractivity contribution in [3.8, 4) is 12.3 Å². The molecule has 0 heterocycles. The average molecular weight is 178 g/mol. The van der Waals surface area contributed by atoms with E-state index in [0.717, 1.165) is 12.8 Å². The number of terminal acetylenes is 1. The fraction of sp³-hybridized carbons (Fsp3) is 0.500. The van der Waals surface area contributed by atoms with Gasteiger partial charge in [0.1, 0.15) is 0 Å². The van der Waals surface area contributed by atoms with Gasteiger partial charge in [0.05, 0.1) is 12.5 Å². The first-order valence-corrected chi connectivity index (χ1v) is 4.37. The average Bonchev–Trinajstić information content (AvgIpc) is 2.15. The summed E-state index contributed by atoms with van der Waals surface area (Å²) in [6.07, 6.45) is 10.5. The topological polar surface area (TPSA) is 55.1 Å². The van der Waals surface area contributed by atoms with Crippen LogP contribution in [0.3, 0.4) is 0 Å². The SMILES string of the molecule is C#CCNC(=O)[C@H]1CC=CC[C@H]1N. The molecule has 1 aliphatic rings. The highest BCUT2D eigenvalue weighted by Gasteiger charge is 2.25. The third-order valence-electron chi connectivity index (χ3n) is 2.18. The number of hydrogen-bond donors (Lipinski definition) is 2. The number of amides is 1. The summed E-state index contributed by atoms with van der Waals surface area (Å²) in [6.45, 7) is 0.283. The van der Waals surface area contributed by atoms with Gasteiger partial charge in [0, 0.05) is 6.04 Å². The monoisotopic (exact) mass is 178 g/mol. The molecule has 1 rings (SSSR count). The quantitative estimate of drug-likeness (QED) is 0.463. The summed E-state index contributed by atoms with van der Waals surface area (Å²) in [6, 6.07) is -0.0669. The molecule has 0 fully saturated rings. The number of rotatable bonds is 2. The molecule has 2 atom stereocenters. The van der Waals surface area contributed by atoms with Crippen LogP contribution >= 0.6 is 0 Å². The third kappa shape index (κ3) is 2.60. The summed E-state index contributed by atoms with van der Waals surface area (Å²) in [5, 5.41) is 2.64. The highest BCUT2D eigenvalue weighted by molar-refractivity contribution is 5.80. The van der Waals surface area contributed by atoms with Crippen LogP contribution in [0.4, 0.5) is 0 Å². The normalized spacial score (nSPS) is 26.5. The van der Waals surface area contributed by atoms with Crippen LogP contribution in [-0.4, -0.2) is 18.5 Å². The van der Waals surface area contributed by atoms with Crippen LogP contribution in [0.5, 0.6) is 0 Å². The Hall–Kier alpha value is -1.27. The maximum Gasteiger partial charge on any atom is 0.225 e. The Kier molecular flexibility index (Phi) is 3.53. The Morgan fingerprint density at radius 2 is 2.31 bits per heavy atom. The van der Waals surface area contributed by atoms with Crippen molar-refractivity contribution in [1.82, 2.24) is 5.32 Å². The predicted molar refractivity (Wildman–Crippen MR) is 51.7 cm³/mol. The third-order valence-corrected chi connectivity index (χ3v) is 2.18. The minimum atomic E-state index is -0.113. The molecule has 0 aliphatic heterocycles. The molecular formula is C10H14N2O. The maximum absolute atomic E-state index is 11.4. The van der Waals surface area contributed by atoms with Crippen LogP contribution in [0.25, 0.3) is 0 Å². The first-order valence-electron chi connectivity index (χ1n) is 4.37. The van der Waals surface area contributed by atoms with Gasteiger partial charge < -0.3 is 11.1 Å². The molecule has 13 heavy (non-hydrogen) atoms. The van der Waals surface area contributed by atoms with Gasteiger partial charge in [-0.1, -0.05) is 18.1 Å². The summed E-state index contributed by atoms with van der Waals surface area (Å²) in [7, 11) is 0. The van der Waals surface area contributed by atoms with E-state index >= 15 is 0 Å². The minimum Gasteiger partial charge on any atom is -0.345 e. The maximum atomic E-state index is 11.4. The molecule has 1 aliphatic carbocycles. The van der Waals surface area contributed by atoms with Crippen LogP contribution in [0.2, 0.25) is 0 Å². The number of nitrogens with one attached hydrogen (secondary N) is 1. The molecule has 0 radical (unpaired) electrons. The van der Waals surface area contributed by atoms with Crippen molar-refractivity contribution in [3.05, 3.63) is 12.2 Å². The molecule has 0 aromatic carbocycles. The van der Waals surface area contributed by atoms with E-state index in [0.29, 0.717) is 0 Å². The molecule has 0 spiro atoms. The molecule has 0 bridgehead atoms. The van der Waals surface area contributed by atoms with Gasteiger partial charge in [0.25, 0.3) is 0 Å². The summed E-state index contributed by atoms with van der Waals surface area (Å²) in [5.41, 5.74) is 5.79. The summed E-state index contributed by atoms with van der Waals surface area (Å²) >= 11 is 0.